The predicted octanol–water partition coefficient (Wildman–Crippen LogP) is 1.17. The molecule has 1 rings (SSSR count). The Morgan fingerprint density at radius 1 is 1.21 bits per heavy atom. The molecule has 0 spiro atoms. The molecule has 1 aromatic heterocycles. The Hall–Kier alpha value is -1.63. The topological polar surface area (TPSA) is 72.4 Å². The Morgan fingerprint density at radius 2 is 1.89 bits per heavy atom. The maximum absolute atomic E-state index is 5.53. The number of aromatic nitrogens is 3. The van der Waals surface area contributed by atoms with Crippen LogP contribution in [0, 0.1) is 0 Å². The van der Waals surface area contributed by atoms with Crippen LogP contribution >= 0.6 is 0 Å². The number of likely N-dealkylation sites (N-methyl/N-ethyl adjacent to an activating group) is 1. The molecule has 0 aliphatic carbocycles. The lowest BCUT2D eigenvalue weighted by Gasteiger charge is -2.24. The number of hydrogen-bond acceptors (Lipinski definition) is 7. The number of rotatable bonds is 7. The molecule has 7 nitrogen and oxygen atoms in total. The zero-order valence-electron chi connectivity index (χ0n) is 12.5. The first-order valence-electron chi connectivity index (χ1n) is 6.30. The molecule has 0 radical (unpaired) electrons. The fraction of sp³-hybridized carbons (Fsp3) is 0.750. The van der Waals surface area contributed by atoms with Gasteiger partial charge >= 0.3 is 6.01 Å². The highest BCUT2D eigenvalue weighted by atomic mass is 16.5. The van der Waals surface area contributed by atoms with Gasteiger partial charge in [0.2, 0.25) is 11.9 Å². The van der Waals surface area contributed by atoms with Crippen molar-refractivity contribution < 1.29 is 9.47 Å². The molecule has 0 saturated heterocycles. The van der Waals surface area contributed by atoms with Gasteiger partial charge in [-0.15, -0.1) is 0 Å². The van der Waals surface area contributed by atoms with E-state index in [1.54, 1.807) is 14.2 Å². The van der Waals surface area contributed by atoms with Gasteiger partial charge in [0.25, 0.3) is 0 Å². The quantitative estimate of drug-likeness (QED) is 0.796. The SMILES string of the molecule is CNc1nc(OC(C)C)nc(N(C)C(C)COC)n1. The van der Waals surface area contributed by atoms with Crippen LogP contribution in [-0.2, 0) is 4.74 Å². The van der Waals surface area contributed by atoms with Crippen LogP contribution in [0.15, 0.2) is 0 Å². The highest BCUT2D eigenvalue weighted by Gasteiger charge is 2.16. The first-order valence-corrected chi connectivity index (χ1v) is 6.30. The molecule has 1 heterocycles. The lowest BCUT2D eigenvalue weighted by atomic mass is 10.3. The minimum absolute atomic E-state index is 0.0154. The van der Waals surface area contributed by atoms with Gasteiger partial charge in [0.05, 0.1) is 18.8 Å². The van der Waals surface area contributed by atoms with Crippen molar-refractivity contribution in [3.63, 3.8) is 0 Å². The second-order valence-electron chi connectivity index (χ2n) is 4.57. The predicted molar refractivity (Wildman–Crippen MR) is 74.9 cm³/mol. The molecular weight excluding hydrogens is 246 g/mol. The molecule has 0 aliphatic heterocycles. The van der Waals surface area contributed by atoms with E-state index in [2.05, 4.69) is 20.3 Å². The first kappa shape index (κ1) is 15.4. The van der Waals surface area contributed by atoms with Crippen LogP contribution in [0.5, 0.6) is 6.01 Å². The molecule has 1 unspecified atom stereocenters. The molecule has 0 amide bonds. The van der Waals surface area contributed by atoms with Gasteiger partial charge in [0.1, 0.15) is 0 Å². The summed E-state index contributed by atoms with van der Waals surface area (Å²) in [7, 11) is 5.35. The Kier molecular flexibility index (Phi) is 5.75. The molecular formula is C12H23N5O2. The summed E-state index contributed by atoms with van der Waals surface area (Å²) >= 11 is 0. The van der Waals surface area contributed by atoms with Crippen LogP contribution in [0.2, 0.25) is 0 Å². The van der Waals surface area contributed by atoms with Gasteiger partial charge in [-0.3, -0.25) is 0 Å². The van der Waals surface area contributed by atoms with E-state index >= 15 is 0 Å². The van der Waals surface area contributed by atoms with E-state index in [1.165, 1.54) is 0 Å². The molecule has 19 heavy (non-hydrogen) atoms. The maximum atomic E-state index is 5.53. The minimum atomic E-state index is 0.0154. The monoisotopic (exact) mass is 269 g/mol. The van der Waals surface area contributed by atoms with E-state index in [0.29, 0.717) is 24.5 Å². The van der Waals surface area contributed by atoms with Crippen molar-refractivity contribution in [2.45, 2.75) is 32.9 Å². The van der Waals surface area contributed by atoms with Crippen molar-refractivity contribution in [3.8, 4) is 6.01 Å². The van der Waals surface area contributed by atoms with Gasteiger partial charge in [-0.05, 0) is 20.8 Å². The Bertz CT molecular complexity index is 400. The summed E-state index contributed by atoms with van der Waals surface area (Å²) in [5, 5.41) is 2.91. The van der Waals surface area contributed by atoms with Gasteiger partial charge in [-0.2, -0.15) is 15.0 Å². The lowest BCUT2D eigenvalue weighted by molar-refractivity contribution is 0.182. The van der Waals surface area contributed by atoms with Crippen LogP contribution < -0.4 is 15.0 Å². The Morgan fingerprint density at radius 3 is 2.42 bits per heavy atom. The van der Waals surface area contributed by atoms with E-state index in [4.69, 9.17) is 9.47 Å². The van der Waals surface area contributed by atoms with E-state index in [1.807, 2.05) is 32.7 Å². The second kappa shape index (κ2) is 7.08. The van der Waals surface area contributed by atoms with Crippen LogP contribution in [0.4, 0.5) is 11.9 Å². The third kappa shape index (κ3) is 4.51. The average molecular weight is 269 g/mol. The molecule has 0 aromatic carbocycles. The van der Waals surface area contributed by atoms with E-state index in [0.717, 1.165) is 0 Å². The number of ether oxygens (including phenoxy) is 2. The highest BCUT2D eigenvalue weighted by molar-refractivity contribution is 5.38. The maximum Gasteiger partial charge on any atom is 0.323 e. The minimum Gasteiger partial charge on any atom is -0.461 e. The molecule has 0 bridgehead atoms. The third-order valence-electron chi connectivity index (χ3n) is 2.55. The molecule has 0 fully saturated rings. The van der Waals surface area contributed by atoms with Crippen molar-refractivity contribution in [2.24, 2.45) is 0 Å². The van der Waals surface area contributed by atoms with Gasteiger partial charge in [-0.25, -0.2) is 0 Å². The fourth-order valence-corrected chi connectivity index (χ4v) is 1.43. The first-order chi connectivity index (χ1) is 8.97. The summed E-state index contributed by atoms with van der Waals surface area (Å²) in [5.74, 6) is 1.04. The molecule has 108 valence electrons. The van der Waals surface area contributed by atoms with Crippen molar-refractivity contribution in [3.05, 3.63) is 0 Å². The van der Waals surface area contributed by atoms with Gasteiger partial charge in [0.15, 0.2) is 0 Å². The van der Waals surface area contributed by atoms with E-state index < -0.39 is 0 Å². The number of nitrogens with zero attached hydrogens (tertiary/aromatic N) is 4. The van der Waals surface area contributed by atoms with Crippen LogP contribution in [0.25, 0.3) is 0 Å². The Labute approximate surface area is 114 Å². The zero-order valence-corrected chi connectivity index (χ0v) is 12.5. The van der Waals surface area contributed by atoms with Crippen molar-refractivity contribution in [1.82, 2.24) is 15.0 Å². The van der Waals surface area contributed by atoms with Crippen molar-refractivity contribution in [2.75, 3.05) is 38.0 Å². The molecule has 1 N–H and O–H groups in total. The second-order valence-corrected chi connectivity index (χ2v) is 4.57. The molecule has 1 aromatic rings. The van der Waals surface area contributed by atoms with Crippen LogP contribution in [0.3, 0.4) is 0 Å². The van der Waals surface area contributed by atoms with Gasteiger partial charge < -0.3 is 19.7 Å². The summed E-state index contributed by atoms with van der Waals surface area (Å²) < 4.78 is 10.7. The van der Waals surface area contributed by atoms with Crippen molar-refractivity contribution >= 4 is 11.9 Å². The van der Waals surface area contributed by atoms with Gasteiger partial charge in [-0.1, -0.05) is 0 Å². The number of nitrogens with one attached hydrogen (secondary N) is 1. The largest absolute Gasteiger partial charge is 0.461 e. The molecule has 1 atom stereocenters. The fourth-order valence-electron chi connectivity index (χ4n) is 1.43. The van der Waals surface area contributed by atoms with Crippen LogP contribution in [-0.4, -0.2) is 54.9 Å². The summed E-state index contributed by atoms with van der Waals surface area (Å²) in [6.07, 6.45) is 0.0154. The number of anilines is 2. The highest BCUT2D eigenvalue weighted by Crippen LogP contribution is 2.16. The molecule has 0 aliphatic rings. The molecule has 7 heteroatoms. The normalized spacial score (nSPS) is 12.4. The summed E-state index contributed by atoms with van der Waals surface area (Å²) in [6.45, 7) is 6.49. The third-order valence-corrected chi connectivity index (χ3v) is 2.55. The van der Waals surface area contributed by atoms with Crippen molar-refractivity contribution in [1.29, 1.82) is 0 Å². The summed E-state index contributed by atoms with van der Waals surface area (Å²) in [6, 6.07) is 0.477. The Balaban J connectivity index is 2.98. The van der Waals surface area contributed by atoms with Gasteiger partial charge in [0, 0.05) is 21.2 Å². The van der Waals surface area contributed by atoms with E-state index in [9.17, 15) is 0 Å². The number of hydrogen-bond donors (Lipinski definition) is 1. The standard InChI is InChI=1S/C12H23N5O2/c1-8(2)19-12-15-10(13-4)14-11(16-12)17(5)9(3)7-18-6/h8-9H,7H2,1-6H3,(H,13,14,15,16). The van der Waals surface area contributed by atoms with Crippen LogP contribution in [0.1, 0.15) is 20.8 Å². The smallest absolute Gasteiger partial charge is 0.323 e. The number of methoxy groups -OCH3 is 1. The van der Waals surface area contributed by atoms with E-state index in [-0.39, 0.29) is 12.1 Å². The summed E-state index contributed by atoms with van der Waals surface area (Å²) in [5.41, 5.74) is 0. The zero-order chi connectivity index (χ0) is 14.4. The summed E-state index contributed by atoms with van der Waals surface area (Å²) in [4.78, 5) is 14.7. The lowest BCUT2D eigenvalue weighted by Crippen LogP contribution is -2.34. The molecule has 0 saturated carbocycles. The average Bonchev–Trinajstić information content (AvgIpc) is 2.36.